The van der Waals surface area contributed by atoms with Crippen LogP contribution in [0.1, 0.15) is 37.5 Å². The second-order valence-corrected chi connectivity index (χ2v) is 7.66. The number of pyridine rings is 1. The molecule has 3 aromatic rings. The van der Waals surface area contributed by atoms with Crippen molar-refractivity contribution in [3.63, 3.8) is 0 Å². The van der Waals surface area contributed by atoms with Crippen LogP contribution in [0.4, 0.5) is 11.4 Å². The molecule has 3 heterocycles. The van der Waals surface area contributed by atoms with Gasteiger partial charge in [0.1, 0.15) is 0 Å². The first-order valence-corrected chi connectivity index (χ1v) is 11.7. The maximum atomic E-state index is 5.75. The molecule has 0 fully saturated rings. The monoisotopic (exact) mass is 470 g/mol. The zero-order valence-corrected chi connectivity index (χ0v) is 20.9. The summed E-state index contributed by atoms with van der Waals surface area (Å²) in [5, 5.41) is 7.74. The molecule has 0 saturated heterocycles. The van der Waals surface area contributed by atoms with Crippen molar-refractivity contribution in [1.29, 1.82) is 0 Å². The summed E-state index contributed by atoms with van der Waals surface area (Å²) in [6.45, 7) is 10.8. The molecular weight excluding hydrogens is 436 g/mol. The summed E-state index contributed by atoms with van der Waals surface area (Å²) in [5.41, 5.74) is 9.53. The number of benzene rings is 1. The smallest absolute Gasteiger partial charge is 0.156 e. The first kappa shape index (κ1) is 25.5. The third kappa shape index (κ3) is 6.24. The third-order valence-electron chi connectivity index (χ3n) is 5.28. The largest absolute Gasteiger partial charge is 0.353 e. The molecule has 0 amide bonds. The normalized spacial score (nSPS) is 13.0. The molecule has 1 aliphatic heterocycles. The van der Waals surface area contributed by atoms with Gasteiger partial charge in [0.25, 0.3) is 0 Å². The number of anilines is 2. The minimum absolute atomic E-state index is 0.567. The summed E-state index contributed by atoms with van der Waals surface area (Å²) < 4.78 is 1.79. The van der Waals surface area contributed by atoms with Crippen LogP contribution < -0.4 is 16.6 Å². The van der Waals surface area contributed by atoms with Crippen molar-refractivity contribution in [2.24, 2.45) is 17.9 Å². The molecule has 4 rings (SSSR count). The van der Waals surface area contributed by atoms with Crippen LogP contribution in [-0.4, -0.2) is 32.0 Å². The van der Waals surface area contributed by atoms with E-state index in [0.717, 1.165) is 46.0 Å². The van der Waals surface area contributed by atoms with Crippen molar-refractivity contribution in [3.05, 3.63) is 102 Å². The van der Waals surface area contributed by atoms with Gasteiger partial charge in [-0.3, -0.25) is 20.5 Å². The number of rotatable bonds is 8. The Labute approximate surface area is 207 Å². The fourth-order valence-electron chi connectivity index (χ4n) is 3.77. The van der Waals surface area contributed by atoms with Crippen molar-refractivity contribution in [3.8, 4) is 0 Å². The van der Waals surface area contributed by atoms with Gasteiger partial charge >= 0.3 is 0 Å². The lowest BCUT2D eigenvalue weighted by molar-refractivity contribution is 0.757. The quantitative estimate of drug-likeness (QED) is 0.319. The van der Waals surface area contributed by atoms with Gasteiger partial charge in [0, 0.05) is 43.1 Å². The van der Waals surface area contributed by atoms with Gasteiger partial charge in [-0.1, -0.05) is 26.5 Å². The van der Waals surface area contributed by atoms with Crippen molar-refractivity contribution < 1.29 is 0 Å². The number of aryl methyl sites for hydroxylation is 1. The van der Waals surface area contributed by atoms with E-state index >= 15 is 0 Å². The number of nitrogens with two attached hydrogens (primary N) is 1. The lowest BCUT2D eigenvalue weighted by Crippen LogP contribution is -2.31. The zero-order chi connectivity index (χ0) is 25.2. The maximum Gasteiger partial charge on any atom is 0.156 e. The molecule has 0 bridgehead atoms. The molecule has 0 atom stereocenters. The highest BCUT2D eigenvalue weighted by Gasteiger charge is 2.22. The van der Waals surface area contributed by atoms with Gasteiger partial charge < -0.3 is 15.6 Å². The molecule has 1 aliphatic rings. The van der Waals surface area contributed by atoms with E-state index in [2.05, 4.69) is 39.5 Å². The van der Waals surface area contributed by atoms with E-state index in [-0.39, 0.29) is 0 Å². The molecule has 4 N–H and O–H groups in total. The van der Waals surface area contributed by atoms with Gasteiger partial charge in [0.05, 0.1) is 29.8 Å². The standard InChI is InChI=1S/C25H28N8.C2H6/c1-4-13-33-24(21-16-29-32(3)17-21)9-12-28-25(33)18(2)30-22-5-6-23(31-26)20(15-22)14-19-7-10-27-11-8-19;1-2/h4-11,13,15-17,30-31H,2,12,14,26H2,1,3H3;1-2H3/b13-4-;. The summed E-state index contributed by atoms with van der Waals surface area (Å²) in [7, 11) is 1.91. The number of nitrogen functional groups attached to an aromatic ring is 1. The number of nitrogens with one attached hydrogen (secondary N) is 2. The molecule has 0 radical (unpaired) electrons. The molecule has 8 nitrogen and oxygen atoms in total. The Bertz CT molecular complexity index is 1220. The highest BCUT2D eigenvalue weighted by atomic mass is 15.3. The second-order valence-electron chi connectivity index (χ2n) is 7.66. The van der Waals surface area contributed by atoms with Gasteiger partial charge in [0.2, 0.25) is 0 Å². The molecular formula is C27H34N8. The Kier molecular flexibility index (Phi) is 8.97. The van der Waals surface area contributed by atoms with E-state index in [1.807, 2.05) is 81.7 Å². The highest BCUT2D eigenvalue weighted by molar-refractivity contribution is 6.06. The average molecular weight is 471 g/mol. The van der Waals surface area contributed by atoms with E-state index in [0.29, 0.717) is 12.2 Å². The van der Waals surface area contributed by atoms with Crippen molar-refractivity contribution in [2.75, 3.05) is 17.3 Å². The summed E-state index contributed by atoms with van der Waals surface area (Å²) in [5.74, 6) is 6.51. The number of nitrogens with zero attached hydrogens (tertiary/aromatic N) is 5. The third-order valence-corrected chi connectivity index (χ3v) is 5.28. The molecule has 35 heavy (non-hydrogen) atoms. The van der Waals surface area contributed by atoms with E-state index in [4.69, 9.17) is 10.8 Å². The zero-order valence-electron chi connectivity index (χ0n) is 20.9. The predicted molar refractivity (Wildman–Crippen MR) is 146 cm³/mol. The number of aromatic nitrogens is 3. The van der Waals surface area contributed by atoms with Crippen LogP contribution in [0.15, 0.2) is 90.7 Å². The Morgan fingerprint density at radius 2 is 1.97 bits per heavy atom. The Hall–Kier alpha value is -4.17. The SMILES string of the molecule is C=C(Nc1ccc(NN)c(Cc2ccncc2)c1)C1=NCC=C(c2cnn(C)c2)N1/C=C\C.CC. The lowest BCUT2D eigenvalue weighted by Gasteiger charge is -2.29. The Morgan fingerprint density at radius 1 is 1.20 bits per heavy atom. The van der Waals surface area contributed by atoms with Crippen LogP contribution in [0.25, 0.3) is 5.70 Å². The van der Waals surface area contributed by atoms with Crippen molar-refractivity contribution >= 4 is 22.9 Å². The number of hydrogen-bond donors (Lipinski definition) is 3. The van der Waals surface area contributed by atoms with E-state index in [1.54, 1.807) is 17.1 Å². The van der Waals surface area contributed by atoms with Crippen LogP contribution in [0.2, 0.25) is 0 Å². The number of hydrogen-bond acceptors (Lipinski definition) is 7. The van der Waals surface area contributed by atoms with Crippen LogP contribution >= 0.6 is 0 Å². The summed E-state index contributed by atoms with van der Waals surface area (Å²) in [4.78, 5) is 10.8. The van der Waals surface area contributed by atoms with Crippen LogP contribution in [-0.2, 0) is 13.5 Å². The molecule has 0 aliphatic carbocycles. The van der Waals surface area contributed by atoms with Crippen molar-refractivity contribution in [2.45, 2.75) is 27.2 Å². The number of aliphatic imine (C=N–C) groups is 1. The molecule has 182 valence electrons. The van der Waals surface area contributed by atoms with Crippen LogP contribution in [0.3, 0.4) is 0 Å². The van der Waals surface area contributed by atoms with Crippen LogP contribution in [0, 0.1) is 0 Å². The molecule has 0 spiro atoms. The molecule has 1 aromatic carbocycles. The van der Waals surface area contributed by atoms with Crippen molar-refractivity contribution in [1.82, 2.24) is 19.7 Å². The average Bonchev–Trinajstić information content (AvgIpc) is 3.32. The summed E-state index contributed by atoms with van der Waals surface area (Å²) >= 11 is 0. The van der Waals surface area contributed by atoms with Gasteiger partial charge in [-0.15, -0.1) is 0 Å². The maximum absolute atomic E-state index is 5.75. The first-order chi connectivity index (χ1) is 17.1. The minimum Gasteiger partial charge on any atom is -0.353 e. The second kappa shape index (κ2) is 12.3. The topological polar surface area (TPSA) is 96.4 Å². The van der Waals surface area contributed by atoms with E-state index in [9.17, 15) is 0 Å². The number of amidine groups is 1. The fourth-order valence-corrected chi connectivity index (χ4v) is 3.77. The van der Waals surface area contributed by atoms with Crippen LogP contribution in [0.5, 0.6) is 0 Å². The molecule has 2 aromatic heterocycles. The predicted octanol–water partition coefficient (Wildman–Crippen LogP) is 4.93. The van der Waals surface area contributed by atoms with Gasteiger partial charge in [-0.2, -0.15) is 5.10 Å². The van der Waals surface area contributed by atoms with E-state index < -0.39 is 0 Å². The van der Waals surface area contributed by atoms with Gasteiger partial charge in [-0.05, 0) is 60.9 Å². The van der Waals surface area contributed by atoms with Gasteiger partial charge in [0.15, 0.2) is 5.84 Å². The first-order valence-electron chi connectivity index (χ1n) is 11.7. The van der Waals surface area contributed by atoms with E-state index in [1.165, 1.54) is 0 Å². The van der Waals surface area contributed by atoms with Gasteiger partial charge in [-0.25, -0.2) is 0 Å². The lowest BCUT2D eigenvalue weighted by atomic mass is 10.0. The highest BCUT2D eigenvalue weighted by Crippen LogP contribution is 2.27. The number of allylic oxidation sites excluding steroid dienone is 1. The molecule has 0 unspecified atom stereocenters. The fraction of sp³-hybridized carbons (Fsp3) is 0.222. The Balaban J connectivity index is 0.00000167. The Morgan fingerprint density at radius 3 is 2.63 bits per heavy atom. The molecule has 8 heteroatoms. The summed E-state index contributed by atoms with van der Waals surface area (Å²) in [6.07, 6.45) is 14.2. The summed E-state index contributed by atoms with van der Waals surface area (Å²) in [6, 6.07) is 9.99. The minimum atomic E-state index is 0.567. The molecule has 0 saturated carbocycles. The number of hydrazine groups is 1.